The molecule has 0 aromatic heterocycles. The molecule has 0 nitrogen and oxygen atoms in total. The second-order valence-corrected chi connectivity index (χ2v) is 1.28. The summed E-state index contributed by atoms with van der Waals surface area (Å²) in [5.74, 6) is 0. The van der Waals surface area contributed by atoms with Gasteiger partial charge in [0, 0.05) is 0 Å². The van der Waals surface area contributed by atoms with Crippen LogP contribution in [0, 0.1) is 0 Å². The lowest BCUT2D eigenvalue weighted by atomic mass is 10.4. The predicted octanol–water partition coefficient (Wildman–Crippen LogP) is 2.15. The van der Waals surface area contributed by atoms with Crippen LogP contribution in [0.1, 0.15) is 0 Å². The molecule has 0 aromatic carbocycles. The lowest BCUT2D eigenvalue weighted by molar-refractivity contribution is -0.211. The first-order valence-corrected chi connectivity index (χ1v) is 1.84. The molecule has 6 heteroatoms. The quantitative estimate of drug-likeness (QED) is 0.505. The van der Waals surface area contributed by atoms with Gasteiger partial charge in [0.25, 0.3) is 12.6 Å². The zero-order chi connectivity index (χ0) is 7.65. The van der Waals surface area contributed by atoms with Crippen molar-refractivity contribution < 1.29 is 26.3 Å². The molecule has 1 atom stereocenters. The highest BCUT2D eigenvalue weighted by atomic mass is 19.4. The molecule has 0 radical (unpaired) electrons. The van der Waals surface area contributed by atoms with Crippen molar-refractivity contribution in [3.63, 3.8) is 0 Å². The Balaban J connectivity index is 3.88. The molecule has 0 amide bonds. The van der Waals surface area contributed by atoms with Crippen molar-refractivity contribution in [2.24, 2.45) is 0 Å². The van der Waals surface area contributed by atoms with Gasteiger partial charge < -0.3 is 0 Å². The monoisotopic (exact) mass is 152 g/mol. The molecule has 0 aliphatic heterocycles. The Labute approximate surface area is 46.5 Å². The van der Waals surface area contributed by atoms with E-state index >= 15 is 0 Å². The van der Waals surface area contributed by atoms with Gasteiger partial charge in [-0.15, -0.1) is 0 Å². The number of halogens is 6. The summed E-state index contributed by atoms with van der Waals surface area (Å²) >= 11 is 0. The zero-order valence-corrected chi connectivity index (χ0v) is 3.92. The van der Waals surface area contributed by atoms with Crippen LogP contribution in [-0.4, -0.2) is 18.8 Å². The first kappa shape index (κ1) is 8.58. The summed E-state index contributed by atoms with van der Waals surface area (Å²) in [5.41, 5.74) is 0. The largest absolute Gasteiger partial charge is 0.425 e. The summed E-state index contributed by atoms with van der Waals surface area (Å²) in [5, 5.41) is 0. The van der Waals surface area contributed by atoms with E-state index in [1.165, 1.54) is 0 Å². The van der Waals surface area contributed by atoms with Gasteiger partial charge >= 0.3 is 6.18 Å². The van der Waals surface area contributed by atoms with E-state index in [1.54, 1.807) is 0 Å². The van der Waals surface area contributed by atoms with E-state index in [-0.39, 0.29) is 0 Å². The number of hydrogen-bond acceptors (Lipinski definition) is 0. The maximum absolute atomic E-state index is 11.2. The van der Waals surface area contributed by atoms with E-state index < -0.39 is 18.8 Å². The number of hydrogen-bond donors (Lipinski definition) is 0. The molecule has 0 bridgehead atoms. The van der Waals surface area contributed by atoms with Crippen molar-refractivity contribution >= 4 is 0 Å². The fourth-order valence-electron chi connectivity index (χ4n) is 0.143. The van der Waals surface area contributed by atoms with E-state index in [1.807, 2.05) is 0 Å². The zero-order valence-electron chi connectivity index (χ0n) is 3.92. The Bertz CT molecular complexity index is 82.8. The van der Waals surface area contributed by atoms with Crippen molar-refractivity contribution in [3.8, 4) is 0 Å². The Morgan fingerprint density at radius 2 is 1.22 bits per heavy atom. The molecule has 0 unspecified atom stereocenters. The Hall–Kier alpha value is -0.420. The van der Waals surface area contributed by atoms with Crippen molar-refractivity contribution in [2.45, 2.75) is 18.8 Å². The molecular formula is C3H2F6. The molecule has 0 saturated heterocycles. The maximum atomic E-state index is 11.2. The lowest BCUT2D eigenvalue weighted by Crippen LogP contribution is -2.30. The van der Waals surface area contributed by atoms with Crippen LogP contribution in [0.3, 0.4) is 0 Å². The SMILES string of the molecule is FC(F)[C@@H](F)C(F)(F)F. The third-order valence-corrected chi connectivity index (χ3v) is 0.534. The lowest BCUT2D eigenvalue weighted by Gasteiger charge is -2.09. The van der Waals surface area contributed by atoms with Crippen LogP contribution in [0.4, 0.5) is 26.3 Å². The molecule has 0 aromatic rings. The number of alkyl halides is 6. The minimum Gasteiger partial charge on any atom is -0.231 e. The Morgan fingerprint density at radius 3 is 1.22 bits per heavy atom. The average Bonchev–Trinajstić information content (AvgIpc) is 1.62. The summed E-state index contributed by atoms with van der Waals surface area (Å²) in [6, 6.07) is 0. The topological polar surface area (TPSA) is 0 Å². The maximum Gasteiger partial charge on any atom is 0.425 e. The molecular weight excluding hydrogens is 150 g/mol. The van der Waals surface area contributed by atoms with Gasteiger partial charge in [0.05, 0.1) is 0 Å². The van der Waals surface area contributed by atoms with Crippen LogP contribution in [0.15, 0.2) is 0 Å². The molecule has 0 saturated carbocycles. The second kappa shape index (κ2) is 2.45. The van der Waals surface area contributed by atoms with Gasteiger partial charge in [-0.2, -0.15) is 13.2 Å². The van der Waals surface area contributed by atoms with Crippen molar-refractivity contribution in [3.05, 3.63) is 0 Å². The van der Waals surface area contributed by atoms with Gasteiger partial charge in [-0.05, 0) is 0 Å². The van der Waals surface area contributed by atoms with Gasteiger partial charge in [-0.1, -0.05) is 0 Å². The minimum absolute atomic E-state index is 3.98. The normalized spacial score (nSPS) is 16.3. The predicted molar refractivity (Wildman–Crippen MR) is 17.0 cm³/mol. The van der Waals surface area contributed by atoms with Crippen molar-refractivity contribution in [1.29, 1.82) is 0 Å². The van der Waals surface area contributed by atoms with Gasteiger partial charge in [0.1, 0.15) is 0 Å². The van der Waals surface area contributed by atoms with Crippen LogP contribution < -0.4 is 0 Å². The molecule has 0 rings (SSSR count). The molecule has 0 heterocycles. The van der Waals surface area contributed by atoms with Gasteiger partial charge in [-0.3, -0.25) is 0 Å². The van der Waals surface area contributed by atoms with E-state index in [4.69, 9.17) is 0 Å². The molecule has 0 fully saturated rings. The van der Waals surface area contributed by atoms with Crippen LogP contribution in [0.2, 0.25) is 0 Å². The minimum atomic E-state index is -5.44. The first-order valence-electron chi connectivity index (χ1n) is 1.84. The summed E-state index contributed by atoms with van der Waals surface area (Å²) in [6.45, 7) is 0. The van der Waals surface area contributed by atoms with Crippen LogP contribution in [0.25, 0.3) is 0 Å². The highest BCUT2D eigenvalue weighted by Crippen LogP contribution is 2.27. The summed E-state index contributed by atoms with van der Waals surface area (Å²) in [7, 11) is 0. The average molecular weight is 152 g/mol. The second-order valence-electron chi connectivity index (χ2n) is 1.28. The van der Waals surface area contributed by atoms with E-state index in [0.717, 1.165) is 0 Å². The summed E-state index contributed by atoms with van der Waals surface area (Å²) < 4.78 is 65.4. The molecule has 0 N–H and O–H groups in total. The first-order chi connectivity index (χ1) is 3.85. The molecule has 0 aliphatic rings. The summed E-state index contributed by atoms with van der Waals surface area (Å²) in [6.07, 6.45) is -13.4. The van der Waals surface area contributed by atoms with Crippen molar-refractivity contribution in [2.75, 3.05) is 0 Å². The van der Waals surface area contributed by atoms with Crippen molar-refractivity contribution in [1.82, 2.24) is 0 Å². The van der Waals surface area contributed by atoms with Gasteiger partial charge in [-0.25, -0.2) is 13.2 Å². The Kier molecular flexibility index (Phi) is 2.33. The van der Waals surface area contributed by atoms with Gasteiger partial charge in [0.15, 0.2) is 0 Å². The third kappa shape index (κ3) is 2.57. The van der Waals surface area contributed by atoms with E-state index in [9.17, 15) is 26.3 Å². The van der Waals surface area contributed by atoms with Crippen LogP contribution in [0.5, 0.6) is 0 Å². The highest BCUT2D eigenvalue weighted by molar-refractivity contribution is 4.67. The third-order valence-electron chi connectivity index (χ3n) is 0.534. The van der Waals surface area contributed by atoms with Gasteiger partial charge in [0.2, 0.25) is 0 Å². The Morgan fingerprint density at radius 1 is 0.889 bits per heavy atom. The molecule has 56 valence electrons. The fourth-order valence-corrected chi connectivity index (χ4v) is 0.143. The highest BCUT2D eigenvalue weighted by Gasteiger charge is 2.46. The standard InChI is InChI=1S/C3H2F6/c4-1(2(5)6)3(7,8)9/h1-2H/t1-/m1/s1. The molecule has 0 spiro atoms. The smallest absolute Gasteiger partial charge is 0.231 e. The van der Waals surface area contributed by atoms with E-state index in [2.05, 4.69) is 0 Å². The molecule has 0 aliphatic carbocycles. The number of rotatable bonds is 1. The van der Waals surface area contributed by atoms with Crippen LogP contribution >= 0.6 is 0 Å². The van der Waals surface area contributed by atoms with E-state index in [0.29, 0.717) is 0 Å². The summed E-state index contributed by atoms with van der Waals surface area (Å²) in [4.78, 5) is 0. The molecule has 9 heavy (non-hydrogen) atoms. The fraction of sp³-hybridized carbons (Fsp3) is 1.00. The van der Waals surface area contributed by atoms with Crippen LogP contribution in [-0.2, 0) is 0 Å².